The summed E-state index contributed by atoms with van der Waals surface area (Å²) in [6.45, 7) is 4.12. The summed E-state index contributed by atoms with van der Waals surface area (Å²) in [6, 6.07) is 8.01. The molecule has 0 amide bonds. The normalized spacial score (nSPS) is 14.8. The van der Waals surface area contributed by atoms with Gasteiger partial charge in [-0.2, -0.15) is 9.13 Å². The quantitative estimate of drug-likeness (QED) is 0.125. The molecule has 20 heteroatoms. The second kappa shape index (κ2) is 10.3. The molecule has 0 aromatic carbocycles. The molecular weight excluding hydrogens is 614 g/mol. The maximum atomic E-state index is 9.87. The van der Waals surface area contributed by atoms with Crippen LogP contribution in [0, 0.1) is 13.8 Å². The van der Waals surface area contributed by atoms with Gasteiger partial charge in [-0.3, -0.25) is 0 Å². The SMILES string of the molecule is Cc1cccnc1-n1cc[n+](C)c1.Cc1cccnc1-n1cc[n+](C)c1.F[P-](F)(F)(F)(F)F.F[P-](F)(F)(F)(F)F. The van der Waals surface area contributed by atoms with Crippen LogP contribution in [-0.2, 0) is 14.1 Å². The summed E-state index contributed by atoms with van der Waals surface area (Å²) in [5, 5.41) is 0. The van der Waals surface area contributed by atoms with Gasteiger partial charge in [-0.05, 0) is 26.0 Å². The standard InChI is InChI=1S/2C10H12N3.2F6P/c2*1-9-4-3-5-11-10(9)13-7-6-12(2)8-13;2*1-7(2,3,4,5)6/h2*3-8H,1-2H3;;/q2*+1;2*-1. The van der Waals surface area contributed by atoms with Crippen molar-refractivity contribution >= 4 is 15.6 Å². The van der Waals surface area contributed by atoms with Crippen LogP contribution in [-0.4, -0.2) is 19.1 Å². The van der Waals surface area contributed by atoms with Crippen LogP contribution in [0.15, 0.2) is 74.1 Å². The summed E-state index contributed by atoms with van der Waals surface area (Å²) >= 11 is 0. The van der Waals surface area contributed by atoms with E-state index >= 15 is 0 Å². The van der Waals surface area contributed by atoms with Crippen LogP contribution >= 0.6 is 15.6 Å². The van der Waals surface area contributed by atoms with E-state index in [-0.39, 0.29) is 0 Å². The zero-order chi connectivity index (χ0) is 31.3. The molecule has 0 saturated heterocycles. The molecule has 4 heterocycles. The predicted molar refractivity (Wildman–Crippen MR) is 126 cm³/mol. The fourth-order valence-electron chi connectivity index (χ4n) is 2.65. The van der Waals surface area contributed by atoms with Crippen LogP contribution in [0.1, 0.15) is 11.1 Å². The van der Waals surface area contributed by atoms with E-state index in [0.29, 0.717) is 0 Å². The van der Waals surface area contributed by atoms with Crippen molar-refractivity contribution in [2.45, 2.75) is 13.8 Å². The number of halogens is 12. The molecule has 0 unspecified atom stereocenters. The van der Waals surface area contributed by atoms with Crippen molar-refractivity contribution in [1.82, 2.24) is 19.1 Å². The van der Waals surface area contributed by atoms with Gasteiger partial charge in [-0.1, -0.05) is 12.1 Å². The average molecular weight is 638 g/mol. The number of hydrogen-bond donors (Lipinski definition) is 0. The Balaban J connectivity index is 0.000000280. The molecule has 4 aromatic rings. The van der Waals surface area contributed by atoms with E-state index in [9.17, 15) is 50.4 Å². The van der Waals surface area contributed by atoms with Gasteiger partial charge in [-0.25, -0.2) is 19.1 Å². The first kappa shape index (κ1) is 34.8. The Morgan fingerprint density at radius 1 is 0.575 bits per heavy atom. The van der Waals surface area contributed by atoms with Gasteiger partial charge in [0.25, 0.3) is 0 Å². The first-order chi connectivity index (χ1) is 17.4. The average Bonchev–Trinajstić information content (AvgIpc) is 3.33. The number of aromatic nitrogens is 6. The molecule has 4 aromatic heterocycles. The van der Waals surface area contributed by atoms with E-state index in [1.807, 2.05) is 94.3 Å². The molecule has 0 radical (unpaired) electrons. The third-order valence-corrected chi connectivity index (χ3v) is 3.99. The third kappa shape index (κ3) is 19.8. The molecule has 4 rings (SSSR count). The van der Waals surface area contributed by atoms with Gasteiger partial charge < -0.3 is 0 Å². The zero-order valence-electron chi connectivity index (χ0n) is 21.0. The van der Waals surface area contributed by atoms with Gasteiger partial charge >= 0.3 is 66.0 Å². The van der Waals surface area contributed by atoms with Crippen molar-refractivity contribution in [1.29, 1.82) is 0 Å². The fraction of sp³-hybridized carbons (Fsp3) is 0.200. The molecule has 40 heavy (non-hydrogen) atoms. The van der Waals surface area contributed by atoms with Gasteiger partial charge in [0.15, 0.2) is 0 Å². The molecule has 0 fully saturated rings. The number of hydrogen-bond acceptors (Lipinski definition) is 2. The number of nitrogens with zero attached hydrogens (tertiary/aromatic N) is 6. The topological polar surface area (TPSA) is 43.4 Å². The minimum atomic E-state index is -10.7. The van der Waals surface area contributed by atoms with Gasteiger partial charge in [-0.15, -0.1) is 0 Å². The van der Waals surface area contributed by atoms with Crippen molar-refractivity contribution in [3.8, 4) is 11.6 Å². The van der Waals surface area contributed by atoms with Gasteiger partial charge in [0, 0.05) is 23.5 Å². The van der Waals surface area contributed by atoms with Crippen molar-refractivity contribution in [3.05, 3.63) is 85.2 Å². The zero-order valence-corrected chi connectivity index (χ0v) is 22.8. The van der Waals surface area contributed by atoms with Crippen molar-refractivity contribution in [2.75, 3.05) is 0 Å². The second-order valence-corrected chi connectivity index (χ2v) is 12.0. The van der Waals surface area contributed by atoms with Crippen molar-refractivity contribution in [2.24, 2.45) is 14.1 Å². The summed E-state index contributed by atoms with van der Waals surface area (Å²) in [4.78, 5) is 8.62. The molecule has 0 aliphatic carbocycles. The molecule has 0 atom stereocenters. The summed E-state index contributed by atoms with van der Waals surface area (Å²) in [7, 11) is -17.3. The molecule has 0 saturated carbocycles. The van der Waals surface area contributed by atoms with E-state index in [1.165, 1.54) is 11.1 Å². The predicted octanol–water partition coefficient (Wildman–Crippen LogP) is 8.78. The Labute approximate surface area is 219 Å². The second-order valence-electron chi connectivity index (χ2n) is 8.18. The fourth-order valence-corrected chi connectivity index (χ4v) is 2.65. The summed E-state index contributed by atoms with van der Waals surface area (Å²) in [6.07, 6.45) is 15.6. The van der Waals surface area contributed by atoms with Gasteiger partial charge in [0.2, 0.25) is 24.3 Å². The van der Waals surface area contributed by atoms with E-state index in [4.69, 9.17) is 0 Å². The van der Waals surface area contributed by atoms with Crippen LogP contribution in [0.5, 0.6) is 0 Å². The van der Waals surface area contributed by atoms with Crippen LogP contribution < -0.4 is 9.13 Å². The Kier molecular flexibility index (Phi) is 8.94. The molecule has 0 aliphatic rings. The van der Waals surface area contributed by atoms with Crippen molar-refractivity contribution in [3.63, 3.8) is 0 Å². The number of rotatable bonds is 2. The van der Waals surface area contributed by atoms with E-state index in [2.05, 4.69) is 35.9 Å². The molecule has 0 aliphatic heterocycles. The molecule has 228 valence electrons. The molecule has 0 spiro atoms. The first-order valence-electron chi connectivity index (χ1n) is 10.5. The summed E-state index contributed by atoms with van der Waals surface area (Å²) in [5.41, 5.74) is 2.36. The molecule has 0 N–H and O–H groups in total. The van der Waals surface area contributed by atoms with Crippen LogP contribution in [0.4, 0.5) is 50.4 Å². The number of imidazole rings is 2. The van der Waals surface area contributed by atoms with Crippen LogP contribution in [0.25, 0.3) is 11.6 Å². The first-order valence-corrected chi connectivity index (χ1v) is 14.5. The Morgan fingerprint density at radius 2 is 0.850 bits per heavy atom. The number of pyridine rings is 2. The van der Waals surface area contributed by atoms with Crippen LogP contribution in [0.3, 0.4) is 0 Å². The summed E-state index contributed by atoms with van der Waals surface area (Å²) in [5.74, 6) is 1.98. The Hall–Kier alpha value is -3.26. The van der Waals surface area contributed by atoms with E-state index < -0.39 is 15.6 Å². The molecule has 6 nitrogen and oxygen atoms in total. The maximum absolute atomic E-state index is 10.7. The third-order valence-electron chi connectivity index (χ3n) is 3.99. The van der Waals surface area contributed by atoms with Crippen LogP contribution in [0.2, 0.25) is 0 Å². The van der Waals surface area contributed by atoms with Gasteiger partial charge in [0.1, 0.15) is 24.8 Å². The van der Waals surface area contributed by atoms with E-state index in [0.717, 1.165) is 11.6 Å². The molecular formula is C20H24F12N6P2. The minimum absolute atomic E-state index is 0.989. The van der Waals surface area contributed by atoms with E-state index in [1.54, 1.807) is 0 Å². The van der Waals surface area contributed by atoms with Gasteiger partial charge in [0.05, 0.1) is 14.1 Å². The summed E-state index contributed by atoms with van der Waals surface area (Å²) < 4.78 is 126. The monoisotopic (exact) mass is 638 g/mol. The number of aryl methyl sites for hydroxylation is 4. The van der Waals surface area contributed by atoms with Crippen molar-refractivity contribution < 1.29 is 59.5 Å². The Bertz CT molecular complexity index is 1300. The Morgan fingerprint density at radius 3 is 1.05 bits per heavy atom. The molecule has 0 bridgehead atoms.